The number of ether oxygens (including phenoxy) is 2. The first kappa shape index (κ1) is 24.0. The Hall–Kier alpha value is -3.61. The molecule has 0 radical (unpaired) electrons. The standard InChI is InChI=1S/C27H29NO5/c1-27(18-29,26(30)31)28-17-23-24(32-2)15-20(16-25(23)33-3)13-12-19-8-7-11-22(14-19)21-9-5-4-6-10-21/h4-16,28-29H,17-18H2,1-3H3,(H,30,31)/b13-12+/t27-/m1/s1. The van der Waals surface area contributed by atoms with Crippen molar-refractivity contribution in [1.29, 1.82) is 0 Å². The highest BCUT2D eigenvalue weighted by atomic mass is 16.5. The molecule has 3 aromatic carbocycles. The third kappa shape index (κ3) is 5.80. The largest absolute Gasteiger partial charge is 0.496 e. The van der Waals surface area contributed by atoms with Crippen molar-refractivity contribution in [3.05, 3.63) is 83.4 Å². The minimum absolute atomic E-state index is 0.152. The Kier molecular flexibility index (Phi) is 7.87. The number of aliphatic carboxylic acids is 1. The number of carboxylic acids is 1. The molecule has 0 aliphatic heterocycles. The van der Waals surface area contributed by atoms with E-state index in [2.05, 4.69) is 29.6 Å². The van der Waals surface area contributed by atoms with E-state index in [0.29, 0.717) is 17.1 Å². The Morgan fingerprint density at radius 3 is 2.09 bits per heavy atom. The maximum absolute atomic E-state index is 11.5. The van der Waals surface area contributed by atoms with Crippen LogP contribution in [0.3, 0.4) is 0 Å². The number of nitrogens with one attached hydrogen (secondary N) is 1. The van der Waals surface area contributed by atoms with Crippen LogP contribution in [-0.2, 0) is 11.3 Å². The van der Waals surface area contributed by atoms with Crippen molar-refractivity contribution in [1.82, 2.24) is 5.32 Å². The molecule has 1 atom stereocenters. The zero-order valence-corrected chi connectivity index (χ0v) is 19.0. The van der Waals surface area contributed by atoms with Crippen LogP contribution in [-0.4, -0.2) is 42.5 Å². The fourth-order valence-electron chi connectivity index (χ4n) is 3.40. The van der Waals surface area contributed by atoms with Crippen molar-refractivity contribution in [2.45, 2.75) is 19.0 Å². The van der Waals surface area contributed by atoms with Crippen molar-refractivity contribution >= 4 is 18.1 Å². The molecular formula is C27H29NO5. The molecule has 3 rings (SSSR count). The van der Waals surface area contributed by atoms with E-state index in [4.69, 9.17) is 9.47 Å². The van der Waals surface area contributed by atoms with E-state index >= 15 is 0 Å². The normalized spacial score (nSPS) is 13.0. The number of aliphatic hydroxyl groups excluding tert-OH is 1. The summed E-state index contributed by atoms with van der Waals surface area (Å²) in [7, 11) is 3.11. The molecule has 0 aliphatic rings. The monoisotopic (exact) mass is 447 g/mol. The minimum Gasteiger partial charge on any atom is -0.496 e. The zero-order chi connectivity index (χ0) is 23.8. The van der Waals surface area contributed by atoms with Gasteiger partial charge in [0.2, 0.25) is 0 Å². The van der Waals surface area contributed by atoms with E-state index < -0.39 is 18.1 Å². The molecule has 0 aromatic heterocycles. The van der Waals surface area contributed by atoms with Gasteiger partial charge in [-0.05, 0) is 47.4 Å². The zero-order valence-electron chi connectivity index (χ0n) is 19.0. The van der Waals surface area contributed by atoms with Crippen LogP contribution in [0.1, 0.15) is 23.6 Å². The SMILES string of the molecule is COc1cc(/C=C/c2cccc(-c3ccccc3)c2)cc(OC)c1CN[C@](C)(CO)C(=O)O. The van der Waals surface area contributed by atoms with E-state index in [1.54, 1.807) is 14.2 Å². The number of carbonyl (C=O) groups is 1. The second kappa shape index (κ2) is 10.8. The molecule has 3 aromatic rings. The van der Waals surface area contributed by atoms with Gasteiger partial charge in [-0.25, -0.2) is 0 Å². The minimum atomic E-state index is -1.47. The van der Waals surface area contributed by atoms with E-state index in [-0.39, 0.29) is 6.54 Å². The quantitative estimate of drug-likeness (QED) is 0.398. The van der Waals surface area contributed by atoms with Crippen molar-refractivity contribution in [2.75, 3.05) is 20.8 Å². The number of rotatable bonds is 10. The highest BCUT2D eigenvalue weighted by Crippen LogP contribution is 2.32. The molecule has 0 spiro atoms. The van der Waals surface area contributed by atoms with Crippen LogP contribution < -0.4 is 14.8 Å². The predicted octanol–water partition coefficient (Wildman–Crippen LogP) is 4.47. The topological polar surface area (TPSA) is 88.0 Å². The van der Waals surface area contributed by atoms with Crippen LogP contribution in [0.25, 0.3) is 23.3 Å². The summed E-state index contributed by atoms with van der Waals surface area (Å²) in [5.74, 6) is -0.0179. The highest BCUT2D eigenvalue weighted by Gasteiger charge is 2.32. The summed E-state index contributed by atoms with van der Waals surface area (Å²) in [5.41, 5.74) is 3.42. The number of hydrogen-bond acceptors (Lipinski definition) is 5. The van der Waals surface area contributed by atoms with Gasteiger partial charge < -0.3 is 19.7 Å². The number of benzene rings is 3. The second-order valence-corrected chi connectivity index (χ2v) is 7.88. The van der Waals surface area contributed by atoms with Gasteiger partial charge in [0.15, 0.2) is 0 Å². The Morgan fingerprint density at radius 2 is 1.52 bits per heavy atom. The highest BCUT2D eigenvalue weighted by molar-refractivity contribution is 5.78. The summed E-state index contributed by atoms with van der Waals surface area (Å²) >= 11 is 0. The summed E-state index contributed by atoms with van der Waals surface area (Å²) in [6.45, 7) is 1.03. The lowest BCUT2D eigenvalue weighted by atomic mass is 10.0. The first-order chi connectivity index (χ1) is 15.9. The van der Waals surface area contributed by atoms with E-state index in [1.807, 2.05) is 54.6 Å². The maximum atomic E-state index is 11.5. The molecular weight excluding hydrogens is 418 g/mol. The molecule has 0 unspecified atom stereocenters. The fraction of sp³-hybridized carbons (Fsp3) is 0.222. The number of hydrogen-bond donors (Lipinski definition) is 3. The Labute approximate surface area is 194 Å². The molecule has 0 aliphatic carbocycles. The molecule has 0 fully saturated rings. The van der Waals surface area contributed by atoms with Gasteiger partial charge in [0.25, 0.3) is 0 Å². The van der Waals surface area contributed by atoms with Crippen LogP contribution in [0.4, 0.5) is 0 Å². The molecule has 3 N–H and O–H groups in total. The van der Waals surface area contributed by atoms with Crippen LogP contribution in [0, 0.1) is 0 Å². The Morgan fingerprint density at radius 1 is 0.909 bits per heavy atom. The summed E-state index contributed by atoms with van der Waals surface area (Å²) < 4.78 is 11.1. The van der Waals surface area contributed by atoms with Gasteiger partial charge in [-0.1, -0.05) is 60.7 Å². The summed E-state index contributed by atoms with van der Waals surface area (Å²) in [6.07, 6.45) is 3.99. The van der Waals surface area contributed by atoms with Crippen LogP contribution in [0.5, 0.6) is 11.5 Å². The van der Waals surface area contributed by atoms with Crippen LogP contribution in [0.15, 0.2) is 66.7 Å². The third-order valence-corrected chi connectivity index (χ3v) is 5.54. The van der Waals surface area contributed by atoms with Gasteiger partial charge in [0.1, 0.15) is 17.0 Å². The van der Waals surface area contributed by atoms with E-state index in [0.717, 1.165) is 22.3 Å². The van der Waals surface area contributed by atoms with E-state index in [1.165, 1.54) is 6.92 Å². The summed E-state index contributed by atoms with van der Waals surface area (Å²) in [5, 5.41) is 21.8. The van der Waals surface area contributed by atoms with E-state index in [9.17, 15) is 15.0 Å². The molecule has 33 heavy (non-hydrogen) atoms. The van der Waals surface area contributed by atoms with Gasteiger partial charge in [-0.15, -0.1) is 0 Å². The number of aliphatic hydroxyl groups is 1. The van der Waals surface area contributed by atoms with Crippen LogP contribution in [0.2, 0.25) is 0 Å². The smallest absolute Gasteiger partial charge is 0.326 e. The van der Waals surface area contributed by atoms with Gasteiger partial charge in [-0.3, -0.25) is 10.1 Å². The fourth-order valence-corrected chi connectivity index (χ4v) is 3.40. The Bertz CT molecular complexity index is 1100. The molecule has 0 saturated heterocycles. The van der Waals surface area contributed by atoms with Gasteiger partial charge in [0, 0.05) is 12.1 Å². The average molecular weight is 448 g/mol. The lowest BCUT2D eigenvalue weighted by Gasteiger charge is -2.25. The molecule has 0 bridgehead atoms. The molecule has 0 amide bonds. The molecule has 172 valence electrons. The lowest BCUT2D eigenvalue weighted by molar-refractivity contribution is -0.145. The van der Waals surface area contributed by atoms with Gasteiger partial charge >= 0.3 is 5.97 Å². The molecule has 0 saturated carbocycles. The predicted molar refractivity (Wildman–Crippen MR) is 130 cm³/mol. The van der Waals surface area contributed by atoms with Crippen molar-refractivity contribution in [3.63, 3.8) is 0 Å². The Balaban J connectivity index is 1.86. The van der Waals surface area contributed by atoms with Crippen molar-refractivity contribution < 1.29 is 24.5 Å². The molecule has 6 nitrogen and oxygen atoms in total. The first-order valence-electron chi connectivity index (χ1n) is 10.6. The lowest BCUT2D eigenvalue weighted by Crippen LogP contribution is -2.52. The number of methoxy groups -OCH3 is 2. The van der Waals surface area contributed by atoms with Crippen molar-refractivity contribution in [3.8, 4) is 22.6 Å². The molecule has 0 heterocycles. The number of carboxylic acid groups (broad SMARTS) is 1. The molecule has 6 heteroatoms. The third-order valence-electron chi connectivity index (χ3n) is 5.54. The summed E-state index contributed by atoms with van der Waals surface area (Å²) in [4.78, 5) is 11.5. The summed E-state index contributed by atoms with van der Waals surface area (Å²) in [6, 6.07) is 22.2. The van der Waals surface area contributed by atoms with Gasteiger partial charge in [-0.2, -0.15) is 0 Å². The first-order valence-corrected chi connectivity index (χ1v) is 10.6. The van der Waals surface area contributed by atoms with Crippen molar-refractivity contribution in [2.24, 2.45) is 0 Å². The second-order valence-electron chi connectivity index (χ2n) is 7.88. The maximum Gasteiger partial charge on any atom is 0.326 e. The van der Waals surface area contributed by atoms with Crippen LogP contribution >= 0.6 is 0 Å². The average Bonchev–Trinajstić information content (AvgIpc) is 2.86. The van der Waals surface area contributed by atoms with Gasteiger partial charge in [0.05, 0.1) is 20.8 Å².